The summed E-state index contributed by atoms with van der Waals surface area (Å²) in [6.07, 6.45) is 3.50. The zero-order valence-corrected chi connectivity index (χ0v) is 16.6. The van der Waals surface area contributed by atoms with Crippen LogP contribution in [0.2, 0.25) is 10.0 Å². The number of nitrogens with one attached hydrogen (secondary N) is 2. The van der Waals surface area contributed by atoms with E-state index in [2.05, 4.69) is 30.5 Å². The molecule has 6 nitrogen and oxygen atoms in total. The van der Waals surface area contributed by atoms with Crippen LogP contribution in [0.15, 0.2) is 48.8 Å². The van der Waals surface area contributed by atoms with Gasteiger partial charge >= 0.3 is 0 Å². The predicted molar refractivity (Wildman–Crippen MR) is 112 cm³/mol. The summed E-state index contributed by atoms with van der Waals surface area (Å²) in [6.45, 7) is 1.60. The average Bonchev–Trinajstić information content (AvgIpc) is 2.65. The van der Waals surface area contributed by atoms with E-state index in [0.29, 0.717) is 21.8 Å². The van der Waals surface area contributed by atoms with Gasteiger partial charge in [0.15, 0.2) is 0 Å². The second-order valence-electron chi connectivity index (χ2n) is 6.19. The quantitative estimate of drug-likeness (QED) is 0.603. The Kier molecular flexibility index (Phi) is 6.45. The third-order valence-corrected chi connectivity index (χ3v) is 4.46. The minimum absolute atomic E-state index is 0.479. The molecule has 0 spiro atoms. The van der Waals surface area contributed by atoms with E-state index >= 15 is 0 Å². The first-order valence-electron chi connectivity index (χ1n) is 8.41. The van der Waals surface area contributed by atoms with Crippen LogP contribution in [0.4, 0.5) is 17.5 Å². The van der Waals surface area contributed by atoms with Crippen molar-refractivity contribution in [3.05, 3.63) is 58.8 Å². The van der Waals surface area contributed by atoms with Gasteiger partial charge in [0, 0.05) is 42.8 Å². The first-order chi connectivity index (χ1) is 13.0. The fourth-order valence-corrected chi connectivity index (χ4v) is 2.66. The Morgan fingerprint density at radius 2 is 1.89 bits per heavy atom. The topological polar surface area (TPSA) is 66.0 Å². The van der Waals surface area contributed by atoms with Gasteiger partial charge in [0.05, 0.1) is 15.7 Å². The molecule has 140 valence electrons. The first-order valence-corrected chi connectivity index (χ1v) is 9.17. The summed E-state index contributed by atoms with van der Waals surface area (Å²) in [5, 5.41) is 7.50. The fraction of sp³-hybridized carbons (Fsp3) is 0.211. The third kappa shape index (κ3) is 5.53. The molecule has 0 atom stereocenters. The fourth-order valence-electron chi connectivity index (χ4n) is 2.37. The molecule has 0 unspecified atom stereocenters. The van der Waals surface area contributed by atoms with E-state index in [1.165, 1.54) is 0 Å². The van der Waals surface area contributed by atoms with Gasteiger partial charge in [0.1, 0.15) is 5.82 Å². The van der Waals surface area contributed by atoms with Crippen molar-refractivity contribution in [2.45, 2.75) is 0 Å². The van der Waals surface area contributed by atoms with Gasteiger partial charge in [-0.25, -0.2) is 4.98 Å². The van der Waals surface area contributed by atoms with Crippen LogP contribution < -0.4 is 10.6 Å². The number of benzene rings is 1. The van der Waals surface area contributed by atoms with Crippen LogP contribution in [0.3, 0.4) is 0 Å². The molecule has 0 aliphatic rings. The van der Waals surface area contributed by atoms with Crippen molar-refractivity contribution in [1.29, 1.82) is 0 Å². The molecule has 2 N–H and O–H groups in total. The molecule has 2 heterocycles. The lowest BCUT2D eigenvalue weighted by molar-refractivity contribution is 0.425. The van der Waals surface area contributed by atoms with Gasteiger partial charge in [0.25, 0.3) is 0 Å². The molecular weight excluding hydrogens is 383 g/mol. The second-order valence-corrected chi connectivity index (χ2v) is 7.00. The van der Waals surface area contributed by atoms with E-state index in [-0.39, 0.29) is 0 Å². The molecule has 0 bridgehead atoms. The lowest BCUT2D eigenvalue weighted by Crippen LogP contribution is -2.21. The van der Waals surface area contributed by atoms with Crippen LogP contribution >= 0.6 is 23.2 Å². The zero-order valence-electron chi connectivity index (χ0n) is 15.1. The molecule has 2 aromatic heterocycles. The van der Waals surface area contributed by atoms with Gasteiger partial charge in [-0.3, -0.25) is 4.98 Å². The second kappa shape index (κ2) is 8.99. The van der Waals surface area contributed by atoms with Gasteiger partial charge in [-0.1, -0.05) is 23.2 Å². The average molecular weight is 403 g/mol. The van der Waals surface area contributed by atoms with E-state index < -0.39 is 0 Å². The number of hydrogen-bond donors (Lipinski definition) is 2. The molecule has 0 radical (unpaired) electrons. The molecule has 0 saturated heterocycles. The Morgan fingerprint density at radius 1 is 1.04 bits per heavy atom. The Bertz CT molecular complexity index is 902. The SMILES string of the molecule is CN(C)CCNc1nc(Nc2ccc(Cl)c(Cl)c2)cc(-c2cccnc2)n1. The normalized spacial score (nSPS) is 10.9. The minimum Gasteiger partial charge on any atom is -0.353 e. The lowest BCUT2D eigenvalue weighted by atomic mass is 10.2. The molecule has 1 aromatic carbocycles. The maximum atomic E-state index is 6.11. The number of rotatable bonds is 7. The molecule has 27 heavy (non-hydrogen) atoms. The number of hydrogen-bond acceptors (Lipinski definition) is 6. The lowest BCUT2D eigenvalue weighted by Gasteiger charge is -2.13. The highest BCUT2D eigenvalue weighted by molar-refractivity contribution is 6.42. The van der Waals surface area contributed by atoms with Crippen molar-refractivity contribution in [2.24, 2.45) is 0 Å². The van der Waals surface area contributed by atoms with Crippen molar-refractivity contribution in [2.75, 3.05) is 37.8 Å². The number of nitrogens with zero attached hydrogens (tertiary/aromatic N) is 4. The molecule has 3 rings (SSSR count). The molecular formula is C19H20Cl2N6. The highest BCUT2D eigenvalue weighted by Gasteiger charge is 2.08. The van der Waals surface area contributed by atoms with Crippen LogP contribution in [-0.2, 0) is 0 Å². The van der Waals surface area contributed by atoms with Crippen LogP contribution in [0, 0.1) is 0 Å². The van der Waals surface area contributed by atoms with Crippen molar-refractivity contribution >= 4 is 40.7 Å². The summed E-state index contributed by atoms with van der Waals surface area (Å²) < 4.78 is 0. The largest absolute Gasteiger partial charge is 0.353 e. The maximum Gasteiger partial charge on any atom is 0.225 e. The molecule has 0 amide bonds. The monoisotopic (exact) mass is 402 g/mol. The number of pyridine rings is 1. The van der Waals surface area contributed by atoms with Crippen molar-refractivity contribution in [3.8, 4) is 11.3 Å². The number of halogens is 2. The Hall–Kier alpha value is -2.41. The smallest absolute Gasteiger partial charge is 0.225 e. The van der Waals surface area contributed by atoms with E-state index in [1.54, 1.807) is 24.5 Å². The van der Waals surface area contributed by atoms with Gasteiger partial charge in [0.2, 0.25) is 5.95 Å². The standard InChI is InChI=1S/C19H20Cl2N6/c1-27(2)9-8-23-19-25-17(13-4-3-7-22-12-13)11-18(26-19)24-14-5-6-15(20)16(21)10-14/h3-7,10-12H,8-9H2,1-2H3,(H2,23,24,25,26). The molecule has 3 aromatic rings. The maximum absolute atomic E-state index is 6.11. The van der Waals surface area contributed by atoms with E-state index in [0.717, 1.165) is 30.0 Å². The molecule has 8 heteroatoms. The molecule has 0 fully saturated rings. The van der Waals surface area contributed by atoms with Gasteiger partial charge in [-0.05, 0) is 44.4 Å². The summed E-state index contributed by atoms with van der Waals surface area (Å²) in [5.74, 6) is 1.19. The van der Waals surface area contributed by atoms with Crippen LogP contribution in [0.5, 0.6) is 0 Å². The Balaban J connectivity index is 1.90. The summed E-state index contributed by atoms with van der Waals surface area (Å²) in [7, 11) is 4.04. The highest BCUT2D eigenvalue weighted by atomic mass is 35.5. The van der Waals surface area contributed by atoms with Gasteiger partial charge < -0.3 is 15.5 Å². The molecule has 0 aliphatic carbocycles. The van der Waals surface area contributed by atoms with Crippen LogP contribution in [0.25, 0.3) is 11.3 Å². The van der Waals surface area contributed by atoms with E-state index in [4.69, 9.17) is 23.2 Å². The minimum atomic E-state index is 0.479. The summed E-state index contributed by atoms with van der Waals surface area (Å²) in [5.41, 5.74) is 2.47. The number of likely N-dealkylation sites (N-methyl/N-ethyl adjacent to an activating group) is 1. The predicted octanol–water partition coefficient (Wildman–Crippen LogP) is 4.56. The number of aromatic nitrogens is 3. The molecule has 0 aliphatic heterocycles. The van der Waals surface area contributed by atoms with Crippen molar-refractivity contribution < 1.29 is 0 Å². The highest BCUT2D eigenvalue weighted by Crippen LogP contribution is 2.28. The van der Waals surface area contributed by atoms with Crippen LogP contribution in [-0.4, -0.2) is 47.0 Å². The molecule has 0 saturated carbocycles. The summed E-state index contributed by atoms with van der Waals surface area (Å²) in [6, 6.07) is 11.1. The number of anilines is 3. The van der Waals surface area contributed by atoms with E-state index in [9.17, 15) is 0 Å². The van der Waals surface area contributed by atoms with E-state index in [1.807, 2.05) is 38.4 Å². The summed E-state index contributed by atoms with van der Waals surface area (Å²) >= 11 is 12.1. The van der Waals surface area contributed by atoms with Crippen molar-refractivity contribution in [1.82, 2.24) is 19.9 Å². The Morgan fingerprint density at radius 3 is 2.59 bits per heavy atom. The van der Waals surface area contributed by atoms with Gasteiger partial charge in [-0.2, -0.15) is 4.98 Å². The Labute approximate surface area is 168 Å². The van der Waals surface area contributed by atoms with Crippen molar-refractivity contribution in [3.63, 3.8) is 0 Å². The van der Waals surface area contributed by atoms with Crippen LogP contribution in [0.1, 0.15) is 0 Å². The zero-order chi connectivity index (χ0) is 19.2. The summed E-state index contributed by atoms with van der Waals surface area (Å²) in [4.78, 5) is 15.4. The van der Waals surface area contributed by atoms with Gasteiger partial charge in [-0.15, -0.1) is 0 Å². The first kappa shape index (κ1) is 19.4. The third-order valence-electron chi connectivity index (χ3n) is 3.72.